The molecule has 9 nitrogen and oxygen atoms in total. The summed E-state index contributed by atoms with van der Waals surface area (Å²) in [7, 11) is -4.93. The van der Waals surface area contributed by atoms with Crippen LogP contribution < -0.4 is 0 Å². The van der Waals surface area contributed by atoms with E-state index in [1.807, 2.05) is 0 Å². The molecule has 0 aliphatic carbocycles. The van der Waals surface area contributed by atoms with Crippen molar-refractivity contribution in [3.05, 3.63) is 12.7 Å². The first-order valence-corrected chi connectivity index (χ1v) is 6.92. The second kappa shape index (κ2) is 7.18. The molecule has 0 saturated heterocycles. The maximum Gasteiger partial charge on any atom is 0.346 e. The summed E-state index contributed by atoms with van der Waals surface area (Å²) >= 11 is 0. The molecule has 0 rings (SSSR count). The summed E-state index contributed by atoms with van der Waals surface area (Å²) in [5.41, 5.74) is 0. The molecule has 2 atom stereocenters. The number of carboxylic acid groups (broad SMARTS) is 3. The lowest BCUT2D eigenvalue weighted by atomic mass is 9.98. The predicted octanol–water partition coefficient (Wildman–Crippen LogP) is 0.537. The van der Waals surface area contributed by atoms with Crippen molar-refractivity contribution in [2.24, 2.45) is 0 Å². The Balaban J connectivity index is 5.64. The molecule has 10 heteroatoms. The molecule has 0 aromatic rings. The number of rotatable bonds is 10. The minimum atomic E-state index is -4.93. The van der Waals surface area contributed by atoms with Crippen molar-refractivity contribution in [1.82, 2.24) is 0 Å². The van der Waals surface area contributed by atoms with Gasteiger partial charge < -0.3 is 24.7 Å². The highest BCUT2D eigenvalue weighted by Crippen LogP contribution is 2.59. The number of carbonyl (C=O) groups is 3. The van der Waals surface area contributed by atoms with Gasteiger partial charge in [0.2, 0.25) is 0 Å². The van der Waals surface area contributed by atoms with Crippen molar-refractivity contribution in [3.63, 3.8) is 0 Å². The summed E-state index contributed by atoms with van der Waals surface area (Å²) in [6.45, 7) is 2.73. The zero-order valence-corrected chi connectivity index (χ0v) is 11.3. The van der Waals surface area contributed by atoms with Crippen LogP contribution in [0.5, 0.6) is 0 Å². The molecule has 0 saturated carbocycles. The summed E-state index contributed by atoms with van der Waals surface area (Å²) in [5, 5.41) is 23.7. The molecular weight excluding hydrogens is 295 g/mol. The highest BCUT2D eigenvalue weighted by atomic mass is 31.2. The van der Waals surface area contributed by atoms with Crippen LogP contribution in [0.15, 0.2) is 12.7 Å². The zero-order valence-electron chi connectivity index (χ0n) is 10.4. The molecule has 0 aliphatic rings. The van der Waals surface area contributed by atoms with Crippen LogP contribution in [0.1, 0.15) is 19.3 Å². The second-order valence-electron chi connectivity index (χ2n) is 3.91. The summed E-state index contributed by atoms with van der Waals surface area (Å²) in [6, 6.07) is 0. The van der Waals surface area contributed by atoms with Crippen molar-refractivity contribution in [2.75, 3.05) is 6.61 Å². The molecule has 0 spiro atoms. The van der Waals surface area contributed by atoms with E-state index in [4.69, 9.17) is 15.3 Å². The van der Waals surface area contributed by atoms with Gasteiger partial charge in [-0.1, -0.05) is 6.08 Å². The Morgan fingerprint density at radius 2 is 1.75 bits per heavy atom. The van der Waals surface area contributed by atoms with Gasteiger partial charge in [-0.25, -0.2) is 0 Å². The third kappa shape index (κ3) is 4.44. The molecule has 0 aromatic carbocycles. The zero-order chi connectivity index (χ0) is 16.0. The molecule has 0 aliphatic heterocycles. The largest absolute Gasteiger partial charge is 0.481 e. The van der Waals surface area contributed by atoms with Crippen LogP contribution in [0, 0.1) is 0 Å². The lowest BCUT2D eigenvalue weighted by Crippen LogP contribution is -2.42. The molecule has 2 unspecified atom stereocenters. The third-order valence-electron chi connectivity index (χ3n) is 2.50. The summed E-state index contributed by atoms with van der Waals surface area (Å²) in [6.07, 6.45) is -1.80. The van der Waals surface area contributed by atoms with Crippen LogP contribution in [-0.4, -0.2) is 49.9 Å². The van der Waals surface area contributed by atoms with E-state index >= 15 is 0 Å². The van der Waals surface area contributed by atoms with Gasteiger partial charge >= 0.3 is 25.5 Å². The Bertz CT molecular complexity index is 458. The maximum atomic E-state index is 12.0. The fraction of sp³-hybridized carbons (Fsp3) is 0.500. The fourth-order valence-corrected chi connectivity index (χ4v) is 3.00. The third-order valence-corrected chi connectivity index (χ3v) is 4.66. The van der Waals surface area contributed by atoms with E-state index in [9.17, 15) is 23.8 Å². The minimum Gasteiger partial charge on any atom is -0.481 e. The fourth-order valence-electron chi connectivity index (χ4n) is 1.47. The average molecular weight is 310 g/mol. The highest BCUT2D eigenvalue weighted by molar-refractivity contribution is 7.55. The van der Waals surface area contributed by atoms with Crippen LogP contribution in [0.4, 0.5) is 0 Å². The summed E-state index contributed by atoms with van der Waals surface area (Å²) in [5.74, 6) is -4.99. The Kier molecular flexibility index (Phi) is 6.57. The van der Waals surface area contributed by atoms with E-state index < -0.39 is 56.5 Å². The topological polar surface area (TPSA) is 158 Å². The monoisotopic (exact) mass is 310 g/mol. The van der Waals surface area contributed by atoms with Gasteiger partial charge in [-0.15, -0.1) is 6.58 Å². The molecule has 0 radical (unpaired) electrons. The number of hydrogen-bond donors (Lipinski definition) is 4. The van der Waals surface area contributed by atoms with Gasteiger partial charge in [0.25, 0.3) is 0 Å². The van der Waals surface area contributed by atoms with Crippen molar-refractivity contribution in [3.8, 4) is 0 Å². The molecule has 0 bridgehead atoms. The van der Waals surface area contributed by atoms with Crippen LogP contribution in [0.3, 0.4) is 0 Å². The smallest absolute Gasteiger partial charge is 0.346 e. The van der Waals surface area contributed by atoms with Crippen LogP contribution in [0.25, 0.3) is 0 Å². The predicted molar refractivity (Wildman–Crippen MR) is 65.5 cm³/mol. The first kappa shape index (κ1) is 18.3. The van der Waals surface area contributed by atoms with Crippen LogP contribution in [0.2, 0.25) is 0 Å². The molecule has 114 valence electrons. The van der Waals surface area contributed by atoms with Crippen LogP contribution in [-0.2, 0) is 23.5 Å². The highest BCUT2D eigenvalue weighted by Gasteiger charge is 2.57. The first-order chi connectivity index (χ1) is 9.09. The molecule has 0 amide bonds. The molecule has 0 fully saturated rings. The van der Waals surface area contributed by atoms with E-state index in [1.165, 1.54) is 0 Å². The van der Waals surface area contributed by atoms with Crippen molar-refractivity contribution < 1.29 is 43.7 Å². The van der Waals surface area contributed by atoms with Gasteiger partial charge in [-0.2, -0.15) is 0 Å². The summed E-state index contributed by atoms with van der Waals surface area (Å²) in [4.78, 5) is 42.3. The van der Waals surface area contributed by atoms with Gasteiger partial charge in [-0.05, 0) is 6.42 Å². The van der Waals surface area contributed by atoms with E-state index in [0.29, 0.717) is 0 Å². The van der Waals surface area contributed by atoms with Gasteiger partial charge in [-0.3, -0.25) is 18.9 Å². The lowest BCUT2D eigenvalue weighted by molar-refractivity contribution is -0.148. The second-order valence-corrected chi connectivity index (χ2v) is 6.06. The van der Waals surface area contributed by atoms with E-state index in [1.54, 1.807) is 0 Å². The molecule has 0 aromatic heterocycles. The Labute approximate surface area is 114 Å². The van der Waals surface area contributed by atoms with Crippen molar-refractivity contribution in [1.29, 1.82) is 0 Å². The van der Waals surface area contributed by atoms with E-state index in [2.05, 4.69) is 11.1 Å². The SMILES string of the molecule is C=CCOP(=O)(O)C(CCC(=O)O)(CC(=O)O)C(=O)O. The quantitative estimate of drug-likeness (QED) is 0.333. The Morgan fingerprint density at radius 1 is 1.20 bits per heavy atom. The average Bonchev–Trinajstić information content (AvgIpc) is 2.30. The summed E-state index contributed by atoms with van der Waals surface area (Å²) < 4.78 is 16.5. The number of hydrogen-bond acceptors (Lipinski definition) is 5. The molecular formula is C10H15O9P. The number of aliphatic carboxylic acids is 3. The van der Waals surface area contributed by atoms with Crippen molar-refractivity contribution in [2.45, 2.75) is 24.4 Å². The van der Waals surface area contributed by atoms with E-state index in [-0.39, 0.29) is 0 Å². The van der Waals surface area contributed by atoms with Gasteiger partial charge in [0.1, 0.15) is 0 Å². The standard InChI is InChI=1S/C10H15O9P/c1-2-5-19-20(17,18)10(9(15)16,6-8(13)14)4-3-7(11)12/h2H,1,3-6H2,(H,11,12)(H,13,14)(H,15,16)(H,17,18). The molecule has 20 heavy (non-hydrogen) atoms. The van der Waals surface area contributed by atoms with Gasteiger partial charge in [0, 0.05) is 6.42 Å². The van der Waals surface area contributed by atoms with Gasteiger partial charge in [0.05, 0.1) is 13.0 Å². The molecule has 4 N–H and O–H groups in total. The van der Waals surface area contributed by atoms with Gasteiger partial charge in [0.15, 0.2) is 5.16 Å². The molecule has 0 heterocycles. The first-order valence-electron chi connectivity index (χ1n) is 5.34. The van der Waals surface area contributed by atoms with Crippen LogP contribution >= 0.6 is 7.60 Å². The normalized spacial score (nSPS) is 16.6. The maximum absolute atomic E-state index is 12.0. The van der Waals surface area contributed by atoms with Crippen molar-refractivity contribution >= 4 is 25.5 Å². The Hall–Kier alpha value is -1.70. The Morgan fingerprint density at radius 3 is 2.10 bits per heavy atom. The number of carboxylic acids is 3. The minimum absolute atomic E-state index is 0.477. The van der Waals surface area contributed by atoms with E-state index in [0.717, 1.165) is 6.08 Å². The lowest BCUT2D eigenvalue weighted by Gasteiger charge is -2.30.